The van der Waals surface area contributed by atoms with Crippen LogP contribution in [0.1, 0.15) is 11.1 Å². The van der Waals surface area contributed by atoms with Crippen LogP contribution >= 0.6 is 0 Å². The number of pyridine rings is 1. The van der Waals surface area contributed by atoms with E-state index in [1.165, 1.54) is 0 Å². The maximum absolute atomic E-state index is 10.5. The quantitative estimate of drug-likeness (QED) is 0.875. The van der Waals surface area contributed by atoms with Crippen LogP contribution in [-0.2, 0) is 17.8 Å². The van der Waals surface area contributed by atoms with Crippen molar-refractivity contribution in [2.24, 2.45) is 0 Å². The van der Waals surface area contributed by atoms with Gasteiger partial charge in [0, 0.05) is 12.3 Å². The van der Waals surface area contributed by atoms with Crippen LogP contribution in [0.3, 0.4) is 0 Å². The molecule has 0 bridgehead atoms. The van der Waals surface area contributed by atoms with Gasteiger partial charge in [-0.15, -0.1) is 0 Å². The smallest absolute Gasteiger partial charge is 0.307 e. The summed E-state index contributed by atoms with van der Waals surface area (Å²) in [6.07, 6.45) is 1.71. The summed E-state index contributed by atoms with van der Waals surface area (Å²) in [4.78, 5) is 14.6. The Hall–Kier alpha value is -2.36. The van der Waals surface area contributed by atoms with Crippen molar-refractivity contribution in [3.63, 3.8) is 0 Å². The standard InChI is InChI=1S/C14H13NO3/c16-14(17)9-11-4-6-12(7-5-11)10-18-13-3-1-2-8-15-13/h1-8H,9-10H2,(H,16,17). The summed E-state index contributed by atoms with van der Waals surface area (Å²) in [5.41, 5.74) is 1.76. The molecule has 0 spiro atoms. The summed E-state index contributed by atoms with van der Waals surface area (Å²) >= 11 is 0. The van der Waals surface area contributed by atoms with Crippen molar-refractivity contribution in [2.75, 3.05) is 0 Å². The molecule has 0 aliphatic carbocycles. The molecule has 4 heteroatoms. The summed E-state index contributed by atoms with van der Waals surface area (Å²) < 4.78 is 5.49. The summed E-state index contributed by atoms with van der Waals surface area (Å²) in [6.45, 7) is 0.421. The third-order valence-electron chi connectivity index (χ3n) is 2.40. The van der Waals surface area contributed by atoms with Gasteiger partial charge in [0.25, 0.3) is 0 Å². The van der Waals surface area contributed by atoms with Gasteiger partial charge in [-0.1, -0.05) is 30.3 Å². The van der Waals surface area contributed by atoms with Crippen molar-refractivity contribution in [1.82, 2.24) is 4.98 Å². The van der Waals surface area contributed by atoms with E-state index in [9.17, 15) is 4.79 Å². The maximum Gasteiger partial charge on any atom is 0.307 e. The van der Waals surface area contributed by atoms with Crippen LogP contribution in [-0.4, -0.2) is 16.1 Å². The maximum atomic E-state index is 10.5. The Balaban J connectivity index is 1.92. The second kappa shape index (κ2) is 5.82. The van der Waals surface area contributed by atoms with E-state index < -0.39 is 5.97 Å². The summed E-state index contributed by atoms with van der Waals surface area (Å²) in [5, 5.41) is 8.66. The van der Waals surface area contributed by atoms with Crippen LogP contribution in [0.2, 0.25) is 0 Å². The average Bonchev–Trinajstić information content (AvgIpc) is 2.38. The highest BCUT2D eigenvalue weighted by Gasteiger charge is 2.01. The van der Waals surface area contributed by atoms with E-state index in [4.69, 9.17) is 9.84 Å². The van der Waals surface area contributed by atoms with Crippen LogP contribution in [0.15, 0.2) is 48.7 Å². The normalized spacial score (nSPS) is 10.0. The van der Waals surface area contributed by atoms with Gasteiger partial charge in [-0.05, 0) is 17.2 Å². The molecule has 0 saturated carbocycles. The Morgan fingerprint density at radius 3 is 2.44 bits per heavy atom. The fourth-order valence-electron chi connectivity index (χ4n) is 1.52. The number of ether oxygens (including phenoxy) is 1. The molecule has 2 rings (SSSR count). The predicted octanol–water partition coefficient (Wildman–Crippen LogP) is 2.29. The Bertz CT molecular complexity index is 508. The lowest BCUT2D eigenvalue weighted by Crippen LogP contribution is -2.01. The van der Waals surface area contributed by atoms with Crippen molar-refractivity contribution >= 4 is 5.97 Å². The van der Waals surface area contributed by atoms with E-state index >= 15 is 0 Å². The van der Waals surface area contributed by atoms with E-state index in [0.717, 1.165) is 11.1 Å². The molecule has 2 aromatic rings. The van der Waals surface area contributed by atoms with Crippen molar-refractivity contribution in [1.29, 1.82) is 0 Å². The van der Waals surface area contributed by atoms with Gasteiger partial charge in [-0.2, -0.15) is 0 Å². The van der Waals surface area contributed by atoms with Crippen molar-refractivity contribution in [2.45, 2.75) is 13.0 Å². The first-order valence-electron chi connectivity index (χ1n) is 5.57. The second-order valence-corrected chi connectivity index (χ2v) is 3.84. The highest BCUT2D eigenvalue weighted by atomic mass is 16.5. The van der Waals surface area contributed by atoms with E-state index in [1.807, 2.05) is 24.3 Å². The molecule has 92 valence electrons. The minimum atomic E-state index is -0.826. The minimum Gasteiger partial charge on any atom is -0.481 e. The average molecular weight is 243 g/mol. The van der Waals surface area contributed by atoms with Gasteiger partial charge in [-0.3, -0.25) is 4.79 Å². The Morgan fingerprint density at radius 2 is 1.83 bits per heavy atom. The topological polar surface area (TPSA) is 59.4 Å². The molecule has 0 fully saturated rings. The summed E-state index contributed by atoms with van der Waals surface area (Å²) in [7, 11) is 0. The Kier molecular flexibility index (Phi) is 3.91. The van der Waals surface area contributed by atoms with Crippen LogP contribution in [0.4, 0.5) is 0 Å². The van der Waals surface area contributed by atoms with Crippen LogP contribution in [0.5, 0.6) is 5.88 Å². The zero-order valence-electron chi connectivity index (χ0n) is 9.74. The van der Waals surface area contributed by atoms with Gasteiger partial charge < -0.3 is 9.84 Å². The number of benzene rings is 1. The Labute approximate surface area is 105 Å². The molecule has 0 saturated heterocycles. The van der Waals surface area contributed by atoms with Gasteiger partial charge in [-0.25, -0.2) is 4.98 Å². The van der Waals surface area contributed by atoms with Gasteiger partial charge >= 0.3 is 5.97 Å². The zero-order chi connectivity index (χ0) is 12.8. The molecule has 0 atom stereocenters. The third kappa shape index (κ3) is 3.59. The highest BCUT2D eigenvalue weighted by molar-refractivity contribution is 5.70. The molecule has 1 aromatic carbocycles. The van der Waals surface area contributed by atoms with Crippen LogP contribution in [0.25, 0.3) is 0 Å². The molecule has 0 radical (unpaired) electrons. The van der Waals surface area contributed by atoms with Crippen molar-refractivity contribution in [3.05, 3.63) is 59.8 Å². The van der Waals surface area contributed by atoms with Gasteiger partial charge in [0.05, 0.1) is 6.42 Å². The van der Waals surface area contributed by atoms with E-state index in [1.54, 1.807) is 24.4 Å². The molecule has 1 heterocycles. The molecule has 0 aliphatic rings. The molecule has 4 nitrogen and oxygen atoms in total. The van der Waals surface area contributed by atoms with Crippen molar-refractivity contribution < 1.29 is 14.6 Å². The third-order valence-corrected chi connectivity index (χ3v) is 2.40. The first-order chi connectivity index (χ1) is 8.74. The number of hydrogen-bond donors (Lipinski definition) is 1. The fraction of sp³-hybridized carbons (Fsp3) is 0.143. The van der Waals surface area contributed by atoms with E-state index in [2.05, 4.69) is 4.98 Å². The molecule has 1 aromatic heterocycles. The lowest BCUT2D eigenvalue weighted by atomic mass is 10.1. The lowest BCUT2D eigenvalue weighted by molar-refractivity contribution is -0.136. The number of hydrogen-bond acceptors (Lipinski definition) is 3. The molecule has 0 aliphatic heterocycles. The zero-order valence-corrected chi connectivity index (χ0v) is 9.74. The molecule has 0 amide bonds. The molecule has 1 N–H and O–H groups in total. The molecular formula is C14H13NO3. The van der Waals surface area contributed by atoms with Crippen molar-refractivity contribution in [3.8, 4) is 5.88 Å². The van der Waals surface area contributed by atoms with E-state index in [-0.39, 0.29) is 6.42 Å². The number of nitrogens with zero attached hydrogens (tertiary/aromatic N) is 1. The van der Waals surface area contributed by atoms with Crippen LogP contribution < -0.4 is 4.74 Å². The number of rotatable bonds is 5. The first-order valence-corrected chi connectivity index (χ1v) is 5.57. The Morgan fingerprint density at radius 1 is 1.11 bits per heavy atom. The largest absolute Gasteiger partial charge is 0.481 e. The second-order valence-electron chi connectivity index (χ2n) is 3.84. The number of aromatic nitrogens is 1. The van der Waals surface area contributed by atoms with Gasteiger partial charge in [0.15, 0.2) is 0 Å². The monoisotopic (exact) mass is 243 g/mol. The minimum absolute atomic E-state index is 0.0430. The molecular weight excluding hydrogens is 230 g/mol. The number of carbonyl (C=O) groups is 1. The van der Waals surface area contributed by atoms with Crippen LogP contribution in [0, 0.1) is 0 Å². The summed E-state index contributed by atoms with van der Waals surface area (Å²) in [6, 6.07) is 12.8. The number of aliphatic carboxylic acids is 1. The molecule has 18 heavy (non-hydrogen) atoms. The highest BCUT2D eigenvalue weighted by Crippen LogP contribution is 2.10. The van der Waals surface area contributed by atoms with E-state index in [0.29, 0.717) is 12.5 Å². The van der Waals surface area contributed by atoms with Gasteiger partial charge in [0.1, 0.15) is 6.61 Å². The number of carboxylic acids is 1. The summed E-state index contributed by atoms with van der Waals surface area (Å²) in [5.74, 6) is -0.250. The fourth-order valence-corrected chi connectivity index (χ4v) is 1.52. The first kappa shape index (κ1) is 12.1. The lowest BCUT2D eigenvalue weighted by Gasteiger charge is -2.05. The SMILES string of the molecule is O=C(O)Cc1ccc(COc2ccccn2)cc1. The number of carboxylic acid groups (broad SMARTS) is 1. The van der Waals surface area contributed by atoms with Gasteiger partial charge in [0.2, 0.25) is 5.88 Å². The molecule has 0 unspecified atom stereocenters. The predicted molar refractivity (Wildman–Crippen MR) is 66.4 cm³/mol.